The number of ether oxygens (including phenoxy) is 2. The molecule has 0 aromatic heterocycles. The summed E-state index contributed by atoms with van der Waals surface area (Å²) in [5, 5.41) is 2.55. The lowest BCUT2D eigenvalue weighted by Crippen LogP contribution is -2.50. The van der Waals surface area contributed by atoms with E-state index in [-0.39, 0.29) is 17.4 Å². The molecule has 3 rings (SSSR count). The Hall–Kier alpha value is -0.650. The van der Waals surface area contributed by atoms with Gasteiger partial charge in [0.05, 0.1) is 25.4 Å². The predicted molar refractivity (Wildman–Crippen MR) is 68.1 cm³/mol. The van der Waals surface area contributed by atoms with E-state index in [1.54, 1.807) is 7.05 Å². The van der Waals surface area contributed by atoms with Gasteiger partial charge >= 0.3 is 0 Å². The summed E-state index contributed by atoms with van der Waals surface area (Å²) in [5.74, 6) is -0.177. The van der Waals surface area contributed by atoms with Crippen LogP contribution in [0, 0.1) is 5.41 Å². The summed E-state index contributed by atoms with van der Waals surface area (Å²) < 4.78 is 11.6. The highest BCUT2D eigenvalue weighted by molar-refractivity contribution is 5.81. The Labute approximate surface area is 108 Å². The van der Waals surface area contributed by atoms with Gasteiger partial charge in [-0.1, -0.05) is 0 Å². The molecule has 2 atom stereocenters. The molecule has 5 heteroatoms. The van der Waals surface area contributed by atoms with E-state index in [9.17, 15) is 4.79 Å². The number of nitrogens with two attached hydrogens (primary N) is 1. The fraction of sp³-hybridized carbons (Fsp3) is 0.923. The van der Waals surface area contributed by atoms with E-state index in [1.807, 2.05) is 6.92 Å². The third-order valence-corrected chi connectivity index (χ3v) is 4.33. The van der Waals surface area contributed by atoms with Crippen LogP contribution in [0.15, 0.2) is 0 Å². The topological polar surface area (TPSA) is 73.6 Å². The van der Waals surface area contributed by atoms with Crippen molar-refractivity contribution < 1.29 is 14.3 Å². The lowest BCUT2D eigenvalue weighted by Gasteiger charge is -2.46. The van der Waals surface area contributed by atoms with Gasteiger partial charge in [0.2, 0.25) is 5.91 Å². The summed E-state index contributed by atoms with van der Waals surface area (Å²) in [6.07, 6.45) is 4.81. The second-order valence-corrected chi connectivity index (χ2v) is 5.67. The zero-order valence-corrected chi connectivity index (χ0v) is 11.3. The van der Waals surface area contributed by atoms with Gasteiger partial charge in [-0.05, 0) is 32.6 Å². The van der Waals surface area contributed by atoms with Gasteiger partial charge in [-0.25, -0.2) is 0 Å². The zero-order valence-electron chi connectivity index (χ0n) is 11.3. The van der Waals surface area contributed by atoms with Gasteiger partial charge in [-0.15, -0.1) is 0 Å². The fourth-order valence-electron chi connectivity index (χ4n) is 2.79. The maximum atomic E-state index is 11.4. The fourth-order valence-corrected chi connectivity index (χ4v) is 2.79. The van der Waals surface area contributed by atoms with Gasteiger partial charge in [0.1, 0.15) is 6.04 Å². The first kappa shape index (κ1) is 13.8. The molecule has 18 heavy (non-hydrogen) atoms. The van der Waals surface area contributed by atoms with Crippen molar-refractivity contribution >= 4 is 5.91 Å². The van der Waals surface area contributed by atoms with Crippen LogP contribution in [0.5, 0.6) is 0 Å². The summed E-state index contributed by atoms with van der Waals surface area (Å²) >= 11 is 0. The molecule has 3 fully saturated rings. The third-order valence-electron chi connectivity index (χ3n) is 4.33. The number of nitrogens with one attached hydrogen (secondary N) is 1. The second-order valence-electron chi connectivity index (χ2n) is 5.67. The molecule has 1 amide bonds. The number of hydrogen-bond acceptors (Lipinski definition) is 4. The molecule has 3 aliphatic rings. The average Bonchev–Trinajstić information content (AvgIpc) is 2.45. The largest absolute Gasteiger partial charge is 0.378 e. The number of rotatable bonds is 5. The maximum Gasteiger partial charge on any atom is 0.239 e. The Bertz CT molecular complexity index is 287. The van der Waals surface area contributed by atoms with E-state index in [2.05, 4.69) is 5.32 Å². The van der Waals surface area contributed by atoms with Crippen LogP contribution in [-0.2, 0) is 14.3 Å². The van der Waals surface area contributed by atoms with Crippen molar-refractivity contribution in [3.8, 4) is 0 Å². The van der Waals surface area contributed by atoms with Crippen LogP contribution in [0.4, 0.5) is 0 Å². The van der Waals surface area contributed by atoms with E-state index in [1.165, 1.54) is 12.8 Å². The molecule has 5 nitrogen and oxygen atoms in total. The molecule has 2 bridgehead atoms. The van der Waals surface area contributed by atoms with Gasteiger partial charge in [0.15, 0.2) is 0 Å². The van der Waals surface area contributed by atoms with Crippen LogP contribution in [0.25, 0.3) is 0 Å². The summed E-state index contributed by atoms with van der Waals surface area (Å²) in [7, 11) is 1.59. The first-order valence-electron chi connectivity index (χ1n) is 6.77. The molecule has 104 valence electrons. The first-order chi connectivity index (χ1) is 8.56. The number of likely N-dealkylation sites (N-methyl/N-ethyl adjacent to an activating group) is 1. The van der Waals surface area contributed by atoms with Gasteiger partial charge in [-0.3, -0.25) is 4.79 Å². The monoisotopic (exact) mass is 256 g/mol. The summed E-state index contributed by atoms with van der Waals surface area (Å²) in [4.78, 5) is 11.4. The van der Waals surface area contributed by atoms with Crippen LogP contribution in [0.2, 0.25) is 0 Å². The molecule has 0 aromatic carbocycles. The Kier molecular flexibility index (Phi) is 4.25. The third kappa shape index (κ3) is 2.84. The summed E-state index contributed by atoms with van der Waals surface area (Å²) in [5.41, 5.74) is 5.97. The highest BCUT2D eigenvalue weighted by atomic mass is 16.5. The number of hydrogen-bond donors (Lipinski definition) is 2. The van der Waals surface area contributed by atoms with Gasteiger partial charge in [0.25, 0.3) is 0 Å². The van der Waals surface area contributed by atoms with E-state index < -0.39 is 6.04 Å². The van der Waals surface area contributed by atoms with Gasteiger partial charge < -0.3 is 20.5 Å². The Morgan fingerprint density at radius 3 is 2.72 bits per heavy atom. The molecule has 0 spiro atoms. The SMILES string of the molecule is CNC(=O)[C@@H](N)[C@@H](C)OCC12CCC(CC1)OC2. The highest BCUT2D eigenvalue weighted by Gasteiger charge is 2.42. The van der Waals surface area contributed by atoms with Crippen LogP contribution in [-0.4, -0.2) is 44.4 Å². The molecule has 2 saturated heterocycles. The molecule has 1 saturated carbocycles. The highest BCUT2D eigenvalue weighted by Crippen LogP contribution is 2.43. The van der Waals surface area contributed by atoms with Crippen molar-refractivity contribution in [2.45, 2.75) is 50.9 Å². The van der Waals surface area contributed by atoms with Crippen LogP contribution in [0.1, 0.15) is 32.6 Å². The average molecular weight is 256 g/mol. The molecule has 0 aromatic rings. The standard InChI is InChI=1S/C13H24N2O3/c1-9(11(14)12(16)15-2)17-7-13-5-3-10(4-6-13)18-8-13/h9-11H,3-8,14H2,1-2H3,(H,15,16)/t9-,10?,11+,13?/m1/s1. The minimum atomic E-state index is -0.604. The van der Waals surface area contributed by atoms with Crippen molar-refractivity contribution in [1.29, 1.82) is 0 Å². The van der Waals surface area contributed by atoms with Crippen LogP contribution in [0.3, 0.4) is 0 Å². The molecular weight excluding hydrogens is 232 g/mol. The van der Waals surface area contributed by atoms with Crippen molar-refractivity contribution in [1.82, 2.24) is 5.32 Å². The minimum absolute atomic E-state index is 0.158. The Morgan fingerprint density at radius 1 is 1.56 bits per heavy atom. The Balaban J connectivity index is 1.81. The number of amides is 1. The van der Waals surface area contributed by atoms with Gasteiger partial charge in [-0.2, -0.15) is 0 Å². The van der Waals surface area contributed by atoms with Gasteiger partial charge in [0, 0.05) is 12.5 Å². The van der Waals surface area contributed by atoms with Crippen molar-refractivity contribution in [2.75, 3.05) is 20.3 Å². The zero-order chi connectivity index (χ0) is 13.2. The van der Waals surface area contributed by atoms with Crippen LogP contribution < -0.4 is 11.1 Å². The lowest BCUT2D eigenvalue weighted by molar-refractivity contribution is -0.152. The van der Waals surface area contributed by atoms with E-state index in [0.29, 0.717) is 12.7 Å². The molecular formula is C13H24N2O3. The normalized spacial score (nSPS) is 34.1. The van der Waals surface area contributed by atoms with E-state index in [4.69, 9.17) is 15.2 Å². The molecule has 0 radical (unpaired) electrons. The minimum Gasteiger partial charge on any atom is -0.378 e. The van der Waals surface area contributed by atoms with E-state index in [0.717, 1.165) is 19.4 Å². The molecule has 2 aliphatic heterocycles. The van der Waals surface area contributed by atoms with E-state index >= 15 is 0 Å². The predicted octanol–water partition coefficient (Wildman–Crippen LogP) is 0.424. The number of fused-ring (bicyclic) bond motifs is 3. The molecule has 3 N–H and O–H groups in total. The van der Waals surface area contributed by atoms with Crippen molar-refractivity contribution in [3.05, 3.63) is 0 Å². The second kappa shape index (κ2) is 5.55. The van der Waals surface area contributed by atoms with Crippen molar-refractivity contribution in [2.24, 2.45) is 11.1 Å². The van der Waals surface area contributed by atoms with Crippen LogP contribution >= 0.6 is 0 Å². The molecule has 2 heterocycles. The smallest absolute Gasteiger partial charge is 0.239 e. The summed E-state index contributed by atoms with van der Waals surface area (Å²) in [6.45, 7) is 3.29. The quantitative estimate of drug-likeness (QED) is 0.748. The molecule has 1 aliphatic carbocycles. The van der Waals surface area contributed by atoms with Crippen molar-refractivity contribution in [3.63, 3.8) is 0 Å². The number of carbonyl (C=O) groups excluding carboxylic acids is 1. The first-order valence-corrected chi connectivity index (χ1v) is 6.77. The summed E-state index contributed by atoms with van der Waals surface area (Å²) in [6, 6.07) is -0.604. The maximum absolute atomic E-state index is 11.4. The lowest BCUT2D eigenvalue weighted by atomic mass is 9.72. The Morgan fingerprint density at radius 2 is 2.22 bits per heavy atom. The number of carbonyl (C=O) groups is 1. The molecule has 0 unspecified atom stereocenters.